The molecule has 2 nitrogen and oxygen atoms in total. The van der Waals surface area contributed by atoms with Crippen LogP contribution in [0, 0.1) is 0 Å². The predicted octanol–water partition coefficient (Wildman–Crippen LogP) is 4.48. The second-order valence-corrected chi connectivity index (χ2v) is 5.07. The first kappa shape index (κ1) is 13.9. The van der Waals surface area contributed by atoms with E-state index in [9.17, 15) is 4.79 Å². The molecule has 2 rings (SSSR count). The van der Waals surface area contributed by atoms with Crippen LogP contribution in [-0.4, -0.2) is 5.91 Å². The summed E-state index contributed by atoms with van der Waals surface area (Å²) in [4.78, 5) is 12.1. The molecule has 4 heteroatoms. The molecule has 0 aliphatic heterocycles. The lowest BCUT2D eigenvalue weighted by molar-refractivity contribution is 0.0940. The molecule has 0 bridgehead atoms. The third-order valence-electron chi connectivity index (χ3n) is 2.81. The summed E-state index contributed by atoms with van der Waals surface area (Å²) in [6.07, 6.45) is 0. The summed E-state index contributed by atoms with van der Waals surface area (Å²) < 4.78 is 0. The van der Waals surface area contributed by atoms with Gasteiger partial charge in [0, 0.05) is 5.02 Å². The largest absolute Gasteiger partial charge is 0.345 e. The summed E-state index contributed by atoms with van der Waals surface area (Å²) in [5.74, 6) is -0.196. The van der Waals surface area contributed by atoms with Crippen LogP contribution in [0.25, 0.3) is 0 Å². The van der Waals surface area contributed by atoms with Crippen LogP contribution >= 0.6 is 23.2 Å². The number of rotatable bonds is 3. The highest BCUT2D eigenvalue weighted by Gasteiger charge is 2.13. The van der Waals surface area contributed by atoms with E-state index in [1.54, 1.807) is 30.3 Å². The van der Waals surface area contributed by atoms with Crippen molar-refractivity contribution in [3.8, 4) is 0 Å². The number of nitrogens with one attached hydrogen (secondary N) is 1. The average Bonchev–Trinajstić information content (AvgIpc) is 2.39. The Morgan fingerprint density at radius 3 is 2.53 bits per heavy atom. The SMILES string of the molecule is CC(NC(=O)c1ccccc1Cl)c1cccc(Cl)c1. The van der Waals surface area contributed by atoms with Crippen molar-refractivity contribution in [1.29, 1.82) is 0 Å². The van der Waals surface area contributed by atoms with E-state index in [4.69, 9.17) is 23.2 Å². The molecule has 1 unspecified atom stereocenters. The molecule has 0 radical (unpaired) electrons. The van der Waals surface area contributed by atoms with Crippen molar-refractivity contribution in [3.05, 3.63) is 69.7 Å². The molecule has 0 saturated heterocycles. The van der Waals surface area contributed by atoms with Crippen LogP contribution in [-0.2, 0) is 0 Å². The van der Waals surface area contributed by atoms with Crippen LogP contribution in [0.5, 0.6) is 0 Å². The number of halogens is 2. The number of carbonyl (C=O) groups excluding carboxylic acids is 1. The van der Waals surface area contributed by atoms with Crippen molar-refractivity contribution in [2.75, 3.05) is 0 Å². The standard InChI is InChI=1S/C15H13Cl2NO/c1-10(11-5-4-6-12(16)9-11)18-15(19)13-7-2-3-8-14(13)17/h2-10H,1H3,(H,18,19). The highest BCUT2D eigenvalue weighted by atomic mass is 35.5. The molecule has 0 saturated carbocycles. The van der Waals surface area contributed by atoms with E-state index in [2.05, 4.69) is 5.32 Å². The van der Waals surface area contributed by atoms with E-state index in [0.717, 1.165) is 5.56 Å². The van der Waals surface area contributed by atoms with E-state index >= 15 is 0 Å². The Hall–Kier alpha value is -1.51. The van der Waals surface area contributed by atoms with Gasteiger partial charge in [-0.25, -0.2) is 0 Å². The minimum atomic E-state index is -0.196. The van der Waals surface area contributed by atoms with E-state index < -0.39 is 0 Å². The Balaban J connectivity index is 2.13. The summed E-state index contributed by atoms with van der Waals surface area (Å²) >= 11 is 11.9. The van der Waals surface area contributed by atoms with Gasteiger partial charge in [-0.1, -0.05) is 47.5 Å². The minimum Gasteiger partial charge on any atom is -0.345 e. The van der Waals surface area contributed by atoms with E-state index in [1.165, 1.54) is 0 Å². The first-order valence-corrected chi connectivity index (χ1v) is 6.64. The first-order valence-electron chi connectivity index (χ1n) is 5.89. The lowest BCUT2D eigenvalue weighted by Crippen LogP contribution is -2.26. The molecule has 1 atom stereocenters. The third kappa shape index (κ3) is 3.49. The smallest absolute Gasteiger partial charge is 0.253 e. The molecular formula is C15H13Cl2NO. The van der Waals surface area contributed by atoms with E-state index in [0.29, 0.717) is 15.6 Å². The molecule has 19 heavy (non-hydrogen) atoms. The Labute approximate surface area is 122 Å². The van der Waals surface area contributed by atoms with Gasteiger partial charge in [0.1, 0.15) is 0 Å². The van der Waals surface area contributed by atoms with Crippen molar-refractivity contribution in [3.63, 3.8) is 0 Å². The summed E-state index contributed by atoms with van der Waals surface area (Å²) in [6.45, 7) is 1.90. The number of hydrogen-bond acceptors (Lipinski definition) is 1. The van der Waals surface area contributed by atoms with Gasteiger partial charge in [0.05, 0.1) is 16.6 Å². The van der Waals surface area contributed by atoms with Gasteiger partial charge in [0.15, 0.2) is 0 Å². The highest BCUT2D eigenvalue weighted by molar-refractivity contribution is 6.33. The number of hydrogen-bond donors (Lipinski definition) is 1. The quantitative estimate of drug-likeness (QED) is 0.888. The summed E-state index contributed by atoms with van der Waals surface area (Å²) in [5, 5.41) is 3.99. The van der Waals surface area contributed by atoms with Crippen LogP contribution in [0.4, 0.5) is 0 Å². The Bertz CT molecular complexity index is 598. The molecule has 1 N–H and O–H groups in total. The minimum absolute atomic E-state index is 0.137. The maximum atomic E-state index is 12.1. The lowest BCUT2D eigenvalue weighted by atomic mass is 10.1. The molecule has 98 valence electrons. The molecule has 0 aromatic heterocycles. The zero-order valence-electron chi connectivity index (χ0n) is 10.4. The zero-order chi connectivity index (χ0) is 13.8. The fourth-order valence-electron chi connectivity index (χ4n) is 1.78. The normalized spacial score (nSPS) is 11.9. The predicted molar refractivity (Wildman–Crippen MR) is 78.8 cm³/mol. The summed E-state index contributed by atoms with van der Waals surface area (Å²) in [7, 11) is 0. The average molecular weight is 294 g/mol. The van der Waals surface area contributed by atoms with Gasteiger partial charge >= 0.3 is 0 Å². The van der Waals surface area contributed by atoms with Crippen molar-refractivity contribution in [2.45, 2.75) is 13.0 Å². The maximum Gasteiger partial charge on any atom is 0.253 e. The van der Waals surface area contributed by atoms with Crippen LogP contribution < -0.4 is 5.32 Å². The van der Waals surface area contributed by atoms with Gasteiger partial charge < -0.3 is 5.32 Å². The van der Waals surface area contributed by atoms with Gasteiger partial charge in [-0.3, -0.25) is 4.79 Å². The van der Waals surface area contributed by atoms with Crippen LogP contribution in [0.15, 0.2) is 48.5 Å². The van der Waals surface area contributed by atoms with E-state index in [1.807, 2.05) is 25.1 Å². The van der Waals surface area contributed by atoms with Gasteiger partial charge in [-0.15, -0.1) is 0 Å². The number of benzene rings is 2. The monoisotopic (exact) mass is 293 g/mol. The van der Waals surface area contributed by atoms with Crippen molar-refractivity contribution < 1.29 is 4.79 Å². The Kier molecular flexibility index (Phi) is 4.46. The third-order valence-corrected chi connectivity index (χ3v) is 3.38. The molecule has 0 heterocycles. The highest BCUT2D eigenvalue weighted by Crippen LogP contribution is 2.19. The topological polar surface area (TPSA) is 29.1 Å². The summed E-state index contributed by atoms with van der Waals surface area (Å²) in [5.41, 5.74) is 1.42. The van der Waals surface area contributed by atoms with Gasteiger partial charge in [-0.2, -0.15) is 0 Å². The van der Waals surface area contributed by atoms with Gasteiger partial charge in [0.2, 0.25) is 0 Å². The number of carbonyl (C=O) groups is 1. The van der Waals surface area contributed by atoms with Crippen LogP contribution in [0.1, 0.15) is 28.9 Å². The fraction of sp³-hybridized carbons (Fsp3) is 0.133. The van der Waals surface area contributed by atoms with Crippen LogP contribution in [0.3, 0.4) is 0 Å². The first-order chi connectivity index (χ1) is 9.08. The van der Waals surface area contributed by atoms with Crippen molar-refractivity contribution in [2.24, 2.45) is 0 Å². The molecule has 2 aromatic rings. The summed E-state index contributed by atoms with van der Waals surface area (Å²) in [6, 6.07) is 14.2. The zero-order valence-corrected chi connectivity index (χ0v) is 11.9. The molecule has 0 fully saturated rings. The molecule has 2 aromatic carbocycles. The van der Waals surface area contributed by atoms with Crippen LogP contribution in [0.2, 0.25) is 10.0 Å². The maximum absolute atomic E-state index is 12.1. The number of amides is 1. The van der Waals surface area contributed by atoms with Crippen molar-refractivity contribution >= 4 is 29.1 Å². The van der Waals surface area contributed by atoms with Gasteiger partial charge in [-0.05, 0) is 36.8 Å². The molecule has 0 aliphatic rings. The van der Waals surface area contributed by atoms with Crippen molar-refractivity contribution in [1.82, 2.24) is 5.32 Å². The molecule has 0 aliphatic carbocycles. The second-order valence-electron chi connectivity index (χ2n) is 4.23. The molecule has 0 spiro atoms. The molecular weight excluding hydrogens is 281 g/mol. The fourth-order valence-corrected chi connectivity index (χ4v) is 2.20. The Morgan fingerprint density at radius 1 is 1.11 bits per heavy atom. The lowest BCUT2D eigenvalue weighted by Gasteiger charge is -2.15. The van der Waals surface area contributed by atoms with Gasteiger partial charge in [0.25, 0.3) is 5.91 Å². The van der Waals surface area contributed by atoms with E-state index in [-0.39, 0.29) is 11.9 Å². The second kappa shape index (κ2) is 6.09. The Morgan fingerprint density at radius 2 is 1.84 bits per heavy atom. The molecule has 1 amide bonds.